The van der Waals surface area contributed by atoms with Crippen molar-refractivity contribution in [3.05, 3.63) is 60.2 Å². The molecule has 27 heavy (non-hydrogen) atoms. The summed E-state index contributed by atoms with van der Waals surface area (Å²) < 4.78 is 4.88. The molecule has 0 saturated carbocycles. The van der Waals surface area contributed by atoms with Crippen molar-refractivity contribution in [2.45, 2.75) is 19.0 Å². The summed E-state index contributed by atoms with van der Waals surface area (Å²) in [6.07, 6.45) is 6.09. The SMILES string of the molecule is COC(=O)C1CN(C(=O)c2cccnc2)C(C)CN1C(=O)c1cccnc1. The van der Waals surface area contributed by atoms with Crippen molar-refractivity contribution in [1.82, 2.24) is 19.8 Å². The van der Waals surface area contributed by atoms with Crippen molar-refractivity contribution in [3.63, 3.8) is 0 Å². The van der Waals surface area contributed by atoms with Crippen LogP contribution in [0.25, 0.3) is 0 Å². The molecule has 8 nitrogen and oxygen atoms in total. The van der Waals surface area contributed by atoms with Crippen molar-refractivity contribution in [2.75, 3.05) is 20.2 Å². The predicted octanol–water partition coefficient (Wildman–Crippen LogP) is 1.00. The summed E-state index contributed by atoms with van der Waals surface area (Å²) in [6.45, 7) is 2.10. The molecule has 1 aliphatic rings. The minimum atomic E-state index is -0.889. The number of esters is 1. The Hall–Kier alpha value is -3.29. The Kier molecular flexibility index (Phi) is 5.44. The Morgan fingerprint density at radius 1 is 0.963 bits per heavy atom. The number of methoxy groups -OCH3 is 1. The molecule has 3 rings (SSSR count). The summed E-state index contributed by atoms with van der Waals surface area (Å²) in [7, 11) is 1.26. The molecule has 2 aromatic rings. The van der Waals surface area contributed by atoms with E-state index in [2.05, 4.69) is 9.97 Å². The molecule has 0 radical (unpaired) electrons. The Balaban J connectivity index is 1.87. The Labute approximate surface area is 156 Å². The number of pyridine rings is 2. The maximum Gasteiger partial charge on any atom is 0.330 e. The van der Waals surface area contributed by atoms with E-state index in [0.717, 1.165) is 0 Å². The highest BCUT2D eigenvalue weighted by Crippen LogP contribution is 2.21. The van der Waals surface area contributed by atoms with Gasteiger partial charge < -0.3 is 14.5 Å². The molecule has 1 aliphatic heterocycles. The molecular weight excluding hydrogens is 348 g/mol. The molecule has 3 heterocycles. The van der Waals surface area contributed by atoms with Gasteiger partial charge >= 0.3 is 5.97 Å². The van der Waals surface area contributed by atoms with Crippen LogP contribution in [0.1, 0.15) is 27.6 Å². The first-order chi connectivity index (χ1) is 13.0. The third-order valence-electron chi connectivity index (χ3n) is 4.55. The number of piperazine rings is 1. The standard InChI is InChI=1S/C19H20N4O4/c1-13-11-23(18(25)15-6-4-8-21-10-15)16(19(26)27-2)12-22(13)17(24)14-5-3-7-20-9-14/h3-10,13,16H,11-12H2,1-2H3. The van der Waals surface area contributed by atoms with Gasteiger partial charge in [0.05, 0.1) is 24.8 Å². The molecule has 0 aromatic carbocycles. The number of hydrogen-bond donors (Lipinski definition) is 0. The highest BCUT2D eigenvalue weighted by atomic mass is 16.5. The van der Waals surface area contributed by atoms with E-state index in [0.29, 0.717) is 11.1 Å². The second-order valence-corrected chi connectivity index (χ2v) is 6.29. The molecule has 140 valence electrons. The van der Waals surface area contributed by atoms with Gasteiger partial charge in [-0.1, -0.05) is 0 Å². The summed E-state index contributed by atoms with van der Waals surface area (Å²) in [6, 6.07) is 5.48. The van der Waals surface area contributed by atoms with Crippen LogP contribution in [-0.4, -0.2) is 69.8 Å². The Morgan fingerprint density at radius 3 is 2.00 bits per heavy atom. The fraction of sp³-hybridized carbons (Fsp3) is 0.316. The minimum absolute atomic E-state index is 0.0492. The summed E-state index contributed by atoms with van der Waals surface area (Å²) in [5.41, 5.74) is 0.811. The maximum absolute atomic E-state index is 12.9. The highest BCUT2D eigenvalue weighted by molar-refractivity contribution is 5.98. The molecule has 8 heteroatoms. The van der Waals surface area contributed by atoms with Gasteiger partial charge in [-0.15, -0.1) is 0 Å². The lowest BCUT2D eigenvalue weighted by Crippen LogP contribution is -2.63. The molecule has 0 N–H and O–H groups in total. The number of carbonyl (C=O) groups is 3. The van der Waals surface area contributed by atoms with Gasteiger partial charge in [-0.25, -0.2) is 4.79 Å². The molecule has 0 spiro atoms. The lowest BCUT2D eigenvalue weighted by molar-refractivity contribution is -0.148. The van der Waals surface area contributed by atoms with Crippen LogP contribution in [-0.2, 0) is 9.53 Å². The van der Waals surface area contributed by atoms with Crippen LogP contribution in [0, 0.1) is 0 Å². The molecule has 1 fully saturated rings. The quantitative estimate of drug-likeness (QED) is 0.751. The lowest BCUT2D eigenvalue weighted by Gasteiger charge is -2.43. The smallest absolute Gasteiger partial charge is 0.330 e. The summed E-state index contributed by atoms with van der Waals surface area (Å²) in [5.74, 6) is -1.13. The number of nitrogens with zero attached hydrogens (tertiary/aromatic N) is 4. The maximum atomic E-state index is 12.9. The van der Waals surface area contributed by atoms with E-state index in [-0.39, 0.29) is 30.9 Å². The monoisotopic (exact) mass is 368 g/mol. The van der Waals surface area contributed by atoms with Gasteiger partial charge in [0.2, 0.25) is 0 Å². The van der Waals surface area contributed by atoms with Crippen LogP contribution in [0.15, 0.2) is 49.1 Å². The van der Waals surface area contributed by atoms with Gasteiger partial charge in [-0.3, -0.25) is 19.6 Å². The second kappa shape index (κ2) is 7.94. The average Bonchev–Trinajstić information content (AvgIpc) is 2.73. The zero-order valence-corrected chi connectivity index (χ0v) is 15.1. The Bertz CT molecular complexity index is 828. The summed E-state index contributed by atoms with van der Waals surface area (Å²) in [4.78, 5) is 49.0. The number of rotatable bonds is 3. The fourth-order valence-corrected chi connectivity index (χ4v) is 3.13. The van der Waals surface area contributed by atoms with Crippen molar-refractivity contribution < 1.29 is 19.1 Å². The molecule has 2 aromatic heterocycles. The van der Waals surface area contributed by atoms with Gasteiger partial charge in [0, 0.05) is 37.4 Å². The third kappa shape index (κ3) is 3.79. The topological polar surface area (TPSA) is 92.7 Å². The van der Waals surface area contributed by atoms with Crippen LogP contribution < -0.4 is 0 Å². The zero-order chi connectivity index (χ0) is 19.4. The predicted molar refractivity (Wildman–Crippen MR) is 95.8 cm³/mol. The summed E-state index contributed by atoms with van der Waals surface area (Å²) in [5, 5.41) is 0. The normalized spacial score (nSPS) is 19.5. The average molecular weight is 368 g/mol. The van der Waals surface area contributed by atoms with E-state index in [1.165, 1.54) is 24.4 Å². The van der Waals surface area contributed by atoms with Crippen LogP contribution >= 0.6 is 0 Å². The molecule has 0 aliphatic carbocycles. The van der Waals surface area contributed by atoms with Crippen molar-refractivity contribution in [1.29, 1.82) is 0 Å². The van der Waals surface area contributed by atoms with Gasteiger partial charge in [0.25, 0.3) is 11.8 Å². The van der Waals surface area contributed by atoms with Crippen molar-refractivity contribution >= 4 is 17.8 Å². The largest absolute Gasteiger partial charge is 0.467 e. The number of aromatic nitrogens is 2. The first-order valence-corrected chi connectivity index (χ1v) is 8.52. The van der Waals surface area contributed by atoms with E-state index in [4.69, 9.17) is 4.74 Å². The number of carbonyl (C=O) groups excluding carboxylic acids is 3. The molecule has 2 atom stereocenters. The highest BCUT2D eigenvalue weighted by Gasteiger charge is 2.41. The fourth-order valence-electron chi connectivity index (χ4n) is 3.13. The van der Waals surface area contributed by atoms with Crippen LogP contribution in [0.4, 0.5) is 0 Å². The number of hydrogen-bond acceptors (Lipinski definition) is 6. The van der Waals surface area contributed by atoms with E-state index >= 15 is 0 Å². The van der Waals surface area contributed by atoms with Crippen molar-refractivity contribution in [3.8, 4) is 0 Å². The van der Waals surface area contributed by atoms with E-state index < -0.39 is 12.0 Å². The van der Waals surface area contributed by atoms with Crippen LogP contribution in [0.2, 0.25) is 0 Å². The van der Waals surface area contributed by atoms with Gasteiger partial charge in [-0.05, 0) is 31.2 Å². The van der Waals surface area contributed by atoms with Gasteiger partial charge in [0.15, 0.2) is 0 Å². The third-order valence-corrected chi connectivity index (χ3v) is 4.55. The Morgan fingerprint density at radius 2 is 1.52 bits per heavy atom. The molecular formula is C19H20N4O4. The lowest BCUT2D eigenvalue weighted by atomic mass is 10.0. The zero-order valence-electron chi connectivity index (χ0n) is 15.1. The molecule has 1 saturated heterocycles. The molecule has 0 bridgehead atoms. The van der Waals surface area contributed by atoms with E-state index in [1.807, 2.05) is 6.92 Å². The van der Waals surface area contributed by atoms with Crippen LogP contribution in [0.5, 0.6) is 0 Å². The van der Waals surface area contributed by atoms with E-state index in [9.17, 15) is 14.4 Å². The van der Waals surface area contributed by atoms with Crippen LogP contribution in [0.3, 0.4) is 0 Å². The van der Waals surface area contributed by atoms with Gasteiger partial charge in [-0.2, -0.15) is 0 Å². The molecule has 2 unspecified atom stereocenters. The number of ether oxygens (including phenoxy) is 1. The minimum Gasteiger partial charge on any atom is -0.467 e. The first-order valence-electron chi connectivity index (χ1n) is 8.52. The summed E-state index contributed by atoms with van der Waals surface area (Å²) >= 11 is 0. The number of amides is 2. The van der Waals surface area contributed by atoms with Gasteiger partial charge in [0.1, 0.15) is 6.04 Å². The van der Waals surface area contributed by atoms with E-state index in [1.54, 1.807) is 41.6 Å². The second-order valence-electron chi connectivity index (χ2n) is 6.29. The molecule has 2 amide bonds. The van der Waals surface area contributed by atoms with Crippen molar-refractivity contribution in [2.24, 2.45) is 0 Å². The first kappa shape index (κ1) is 18.5.